The van der Waals surface area contributed by atoms with Gasteiger partial charge in [0.1, 0.15) is 0 Å². The molecular formula is C20H23NO. The first-order valence-corrected chi connectivity index (χ1v) is 7.84. The molecule has 2 heteroatoms. The van der Waals surface area contributed by atoms with Crippen LogP contribution in [0.2, 0.25) is 0 Å². The Kier molecular flexibility index (Phi) is 4.02. The van der Waals surface area contributed by atoms with Crippen molar-refractivity contribution in [3.8, 4) is 0 Å². The summed E-state index contributed by atoms with van der Waals surface area (Å²) in [4.78, 5) is 4.29. The SMILES string of the molecule is CC(C)(C)c1cc(CC2=CCN=C2)cc(Cc2ccoc2)c1. The quantitative estimate of drug-likeness (QED) is 0.800. The number of benzene rings is 1. The van der Waals surface area contributed by atoms with E-state index in [4.69, 9.17) is 4.42 Å². The summed E-state index contributed by atoms with van der Waals surface area (Å²) in [6, 6.07) is 9.02. The summed E-state index contributed by atoms with van der Waals surface area (Å²) >= 11 is 0. The number of nitrogens with zero attached hydrogens (tertiary/aromatic N) is 1. The smallest absolute Gasteiger partial charge is 0.0937 e. The van der Waals surface area contributed by atoms with Gasteiger partial charge >= 0.3 is 0 Å². The zero-order chi connectivity index (χ0) is 15.6. The van der Waals surface area contributed by atoms with Crippen molar-refractivity contribution in [3.63, 3.8) is 0 Å². The van der Waals surface area contributed by atoms with Gasteiger partial charge in [-0.15, -0.1) is 0 Å². The normalized spacial score (nSPS) is 14.4. The van der Waals surface area contributed by atoms with Crippen molar-refractivity contribution in [3.05, 3.63) is 70.7 Å². The van der Waals surface area contributed by atoms with Gasteiger partial charge in [0.25, 0.3) is 0 Å². The highest BCUT2D eigenvalue weighted by atomic mass is 16.3. The molecule has 0 N–H and O–H groups in total. The maximum atomic E-state index is 5.20. The summed E-state index contributed by atoms with van der Waals surface area (Å²) in [7, 11) is 0. The molecule has 3 rings (SSSR count). The van der Waals surface area contributed by atoms with Gasteiger partial charge in [0.05, 0.1) is 19.1 Å². The summed E-state index contributed by atoms with van der Waals surface area (Å²) in [6.45, 7) is 7.63. The van der Waals surface area contributed by atoms with Crippen LogP contribution in [0.4, 0.5) is 0 Å². The molecule has 0 radical (unpaired) electrons. The highest BCUT2D eigenvalue weighted by Crippen LogP contribution is 2.27. The van der Waals surface area contributed by atoms with Crippen molar-refractivity contribution in [2.75, 3.05) is 6.54 Å². The zero-order valence-electron chi connectivity index (χ0n) is 13.6. The highest BCUT2D eigenvalue weighted by Gasteiger charge is 2.16. The lowest BCUT2D eigenvalue weighted by Crippen LogP contribution is -2.12. The van der Waals surface area contributed by atoms with Gasteiger partial charge in [-0.25, -0.2) is 0 Å². The molecule has 1 aliphatic rings. The minimum Gasteiger partial charge on any atom is -0.472 e. The van der Waals surface area contributed by atoms with Crippen LogP contribution < -0.4 is 0 Å². The van der Waals surface area contributed by atoms with Crippen LogP contribution in [0.5, 0.6) is 0 Å². The molecule has 0 saturated carbocycles. The zero-order valence-corrected chi connectivity index (χ0v) is 13.6. The van der Waals surface area contributed by atoms with E-state index in [9.17, 15) is 0 Å². The Balaban J connectivity index is 1.92. The Morgan fingerprint density at radius 3 is 2.41 bits per heavy atom. The van der Waals surface area contributed by atoms with Gasteiger partial charge in [0.2, 0.25) is 0 Å². The molecule has 0 amide bonds. The second-order valence-electron chi connectivity index (χ2n) is 7.05. The lowest BCUT2D eigenvalue weighted by molar-refractivity contribution is 0.564. The summed E-state index contributed by atoms with van der Waals surface area (Å²) in [5.74, 6) is 0. The highest BCUT2D eigenvalue weighted by molar-refractivity contribution is 5.81. The first-order chi connectivity index (χ1) is 10.5. The molecule has 1 aliphatic heterocycles. The average Bonchev–Trinajstić information content (AvgIpc) is 3.11. The van der Waals surface area contributed by atoms with Gasteiger partial charge in [-0.1, -0.05) is 45.0 Å². The minimum absolute atomic E-state index is 0.152. The fourth-order valence-electron chi connectivity index (χ4n) is 2.77. The third kappa shape index (κ3) is 3.56. The van der Waals surface area contributed by atoms with E-state index in [1.54, 1.807) is 6.26 Å². The fourth-order valence-corrected chi connectivity index (χ4v) is 2.77. The second-order valence-corrected chi connectivity index (χ2v) is 7.05. The monoisotopic (exact) mass is 293 g/mol. The largest absolute Gasteiger partial charge is 0.472 e. The molecule has 0 spiro atoms. The van der Waals surface area contributed by atoms with Gasteiger partial charge < -0.3 is 4.42 Å². The maximum Gasteiger partial charge on any atom is 0.0937 e. The molecular weight excluding hydrogens is 270 g/mol. The Morgan fingerprint density at radius 2 is 1.82 bits per heavy atom. The van der Waals surface area contributed by atoms with Crippen LogP contribution in [0, 0.1) is 0 Å². The predicted octanol–water partition coefficient (Wildman–Crippen LogP) is 4.72. The summed E-state index contributed by atoms with van der Waals surface area (Å²) in [5, 5.41) is 0. The minimum atomic E-state index is 0.152. The molecule has 0 bridgehead atoms. The maximum absolute atomic E-state index is 5.20. The van der Waals surface area contributed by atoms with E-state index < -0.39 is 0 Å². The van der Waals surface area contributed by atoms with Gasteiger partial charge in [-0.2, -0.15) is 0 Å². The number of hydrogen-bond donors (Lipinski definition) is 0. The van der Waals surface area contributed by atoms with Crippen LogP contribution >= 0.6 is 0 Å². The van der Waals surface area contributed by atoms with E-state index in [0.717, 1.165) is 19.4 Å². The van der Waals surface area contributed by atoms with Gasteiger partial charge in [-0.05, 0) is 45.7 Å². The van der Waals surface area contributed by atoms with Crippen molar-refractivity contribution < 1.29 is 4.42 Å². The van der Waals surface area contributed by atoms with Gasteiger partial charge in [-0.3, -0.25) is 4.99 Å². The number of furan rings is 1. The molecule has 0 unspecified atom stereocenters. The summed E-state index contributed by atoms with van der Waals surface area (Å²) in [6.07, 6.45) is 9.66. The van der Waals surface area contributed by atoms with Crippen molar-refractivity contribution in [1.82, 2.24) is 0 Å². The third-order valence-corrected chi connectivity index (χ3v) is 4.03. The van der Waals surface area contributed by atoms with E-state index in [2.05, 4.69) is 50.0 Å². The predicted molar refractivity (Wildman–Crippen MR) is 91.8 cm³/mol. The van der Waals surface area contributed by atoms with Crippen molar-refractivity contribution >= 4 is 6.21 Å². The average molecular weight is 293 g/mol. The molecule has 0 fully saturated rings. The summed E-state index contributed by atoms with van der Waals surface area (Å²) in [5.41, 5.74) is 6.79. The van der Waals surface area contributed by atoms with Crippen LogP contribution in [0.25, 0.3) is 0 Å². The number of aliphatic imine (C=N–C) groups is 1. The molecule has 0 saturated heterocycles. The lowest BCUT2D eigenvalue weighted by Gasteiger charge is -2.21. The van der Waals surface area contributed by atoms with Crippen LogP contribution in [0.1, 0.15) is 43.0 Å². The van der Waals surface area contributed by atoms with Crippen LogP contribution in [0.3, 0.4) is 0 Å². The summed E-state index contributed by atoms with van der Waals surface area (Å²) < 4.78 is 5.20. The fraction of sp³-hybridized carbons (Fsp3) is 0.350. The first kappa shape index (κ1) is 14.8. The number of hydrogen-bond acceptors (Lipinski definition) is 2. The molecule has 0 aliphatic carbocycles. The molecule has 2 nitrogen and oxygen atoms in total. The number of allylic oxidation sites excluding steroid dienone is 1. The molecule has 22 heavy (non-hydrogen) atoms. The van der Waals surface area contributed by atoms with Crippen molar-refractivity contribution in [1.29, 1.82) is 0 Å². The Labute approximate surface area is 132 Å². The van der Waals surface area contributed by atoms with Crippen molar-refractivity contribution in [2.45, 2.75) is 39.0 Å². The van der Waals surface area contributed by atoms with Crippen LogP contribution in [-0.4, -0.2) is 12.8 Å². The standard InChI is InChI=1S/C20H23NO/c1-20(2,3)19-11-17(8-15-4-6-21-13-15)10-18(12-19)9-16-5-7-22-14-16/h4-5,7,10-14H,6,8-9H2,1-3H3. The topological polar surface area (TPSA) is 25.5 Å². The third-order valence-electron chi connectivity index (χ3n) is 4.03. The van der Waals surface area contributed by atoms with E-state index in [1.807, 2.05) is 18.5 Å². The van der Waals surface area contributed by atoms with E-state index in [1.165, 1.54) is 27.8 Å². The molecule has 0 atom stereocenters. The molecule has 2 aromatic rings. The molecule has 2 heterocycles. The molecule has 114 valence electrons. The van der Waals surface area contributed by atoms with E-state index in [-0.39, 0.29) is 5.41 Å². The van der Waals surface area contributed by atoms with Gasteiger partial charge in [0, 0.05) is 12.6 Å². The van der Waals surface area contributed by atoms with Crippen LogP contribution in [-0.2, 0) is 18.3 Å². The van der Waals surface area contributed by atoms with E-state index in [0.29, 0.717) is 0 Å². The Morgan fingerprint density at radius 1 is 1.05 bits per heavy atom. The van der Waals surface area contributed by atoms with Crippen molar-refractivity contribution in [2.24, 2.45) is 4.99 Å². The first-order valence-electron chi connectivity index (χ1n) is 7.84. The number of rotatable bonds is 4. The Hall–Kier alpha value is -2.09. The molecule has 1 aromatic carbocycles. The van der Waals surface area contributed by atoms with Crippen LogP contribution in [0.15, 0.2) is 57.9 Å². The molecule has 1 aromatic heterocycles. The lowest BCUT2D eigenvalue weighted by atomic mass is 9.83. The second kappa shape index (κ2) is 5.96. The Bertz CT molecular complexity index is 700. The van der Waals surface area contributed by atoms with E-state index >= 15 is 0 Å². The van der Waals surface area contributed by atoms with Gasteiger partial charge in [0.15, 0.2) is 0 Å².